The smallest absolute Gasteiger partial charge is 0.355 e. The maximum Gasteiger partial charge on any atom is 0.417 e. The van der Waals surface area contributed by atoms with Crippen molar-refractivity contribution in [3.63, 3.8) is 0 Å². The van der Waals surface area contributed by atoms with E-state index >= 15 is 0 Å². The van der Waals surface area contributed by atoms with Crippen molar-refractivity contribution in [1.29, 1.82) is 0 Å². The Morgan fingerprint density at radius 1 is 1.18 bits per heavy atom. The molecule has 3 rings (SSSR count). The predicted molar refractivity (Wildman–Crippen MR) is 94.2 cm³/mol. The molecule has 1 saturated heterocycles. The van der Waals surface area contributed by atoms with Gasteiger partial charge in [0.2, 0.25) is 5.91 Å². The number of aromatic nitrogens is 1. The Bertz CT molecular complexity index is 882. The second-order valence-corrected chi connectivity index (χ2v) is 6.81. The summed E-state index contributed by atoms with van der Waals surface area (Å²) in [5, 5.41) is 2.25. The lowest BCUT2D eigenvalue weighted by Gasteiger charge is -2.32. The van der Waals surface area contributed by atoms with Crippen molar-refractivity contribution >= 4 is 29.0 Å². The van der Waals surface area contributed by atoms with Gasteiger partial charge in [0.05, 0.1) is 16.3 Å². The van der Waals surface area contributed by atoms with Crippen LogP contribution >= 0.6 is 11.6 Å². The molecule has 1 aromatic carbocycles. The first-order valence-corrected chi connectivity index (χ1v) is 8.76. The number of piperidine rings is 1. The first-order valence-electron chi connectivity index (χ1n) is 8.39. The molecule has 0 atom stereocenters. The second kappa shape index (κ2) is 7.90. The fourth-order valence-corrected chi connectivity index (χ4v) is 3.29. The van der Waals surface area contributed by atoms with Crippen LogP contribution in [0.15, 0.2) is 30.5 Å². The molecule has 0 radical (unpaired) electrons. The molecule has 2 heterocycles. The number of carbonyl (C=O) groups is 1. The lowest BCUT2D eigenvalue weighted by atomic mass is 9.95. The van der Waals surface area contributed by atoms with Gasteiger partial charge in [-0.2, -0.15) is 13.2 Å². The standard InChI is InChI=1S/C18H15ClF5N3O/c19-13-7-11(18(22,23)24)9-25-16(13)27-5-3-10(4-6-27)17(28)26-15-8-12(20)1-2-14(15)21/h1-2,7-10H,3-6H2,(H,26,28). The summed E-state index contributed by atoms with van der Waals surface area (Å²) in [4.78, 5) is 17.8. The highest BCUT2D eigenvalue weighted by atomic mass is 35.5. The molecule has 1 aromatic heterocycles. The van der Waals surface area contributed by atoms with E-state index in [9.17, 15) is 26.7 Å². The topological polar surface area (TPSA) is 45.2 Å². The van der Waals surface area contributed by atoms with Crippen molar-refractivity contribution in [1.82, 2.24) is 4.98 Å². The Balaban J connectivity index is 1.63. The molecule has 0 saturated carbocycles. The minimum Gasteiger partial charge on any atom is -0.355 e. The Labute approximate surface area is 162 Å². The summed E-state index contributed by atoms with van der Waals surface area (Å²) in [6.07, 6.45) is -3.09. The van der Waals surface area contributed by atoms with E-state index in [1.807, 2.05) is 0 Å². The lowest BCUT2D eigenvalue weighted by molar-refractivity contribution is -0.137. The molecular weight excluding hydrogens is 405 g/mol. The quantitative estimate of drug-likeness (QED) is 0.721. The highest BCUT2D eigenvalue weighted by Crippen LogP contribution is 2.34. The van der Waals surface area contributed by atoms with E-state index in [1.54, 1.807) is 4.90 Å². The van der Waals surface area contributed by atoms with Crippen molar-refractivity contribution in [3.8, 4) is 0 Å². The maximum atomic E-state index is 13.6. The zero-order chi connectivity index (χ0) is 20.5. The molecule has 0 unspecified atom stereocenters. The molecule has 1 fully saturated rings. The minimum atomic E-state index is -4.54. The van der Waals surface area contributed by atoms with Crippen LogP contribution in [0.1, 0.15) is 18.4 Å². The van der Waals surface area contributed by atoms with Crippen LogP contribution in [0.5, 0.6) is 0 Å². The van der Waals surface area contributed by atoms with Crippen molar-refractivity contribution in [3.05, 3.63) is 52.7 Å². The Kier molecular flexibility index (Phi) is 5.74. The SMILES string of the molecule is O=C(Nc1cc(F)ccc1F)C1CCN(c2ncc(C(F)(F)F)cc2Cl)CC1. The van der Waals surface area contributed by atoms with Gasteiger partial charge in [-0.3, -0.25) is 4.79 Å². The van der Waals surface area contributed by atoms with Gasteiger partial charge in [-0.05, 0) is 31.0 Å². The van der Waals surface area contributed by atoms with E-state index in [4.69, 9.17) is 11.6 Å². The fraction of sp³-hybridized carbons (Fsp3) is 0.333. The Morgan fingerprint density at radius 2 is 1.86 bits per heavy atom. The third kappa shape index (κ3) is 4.52. The first-order chi connectivity index (χ1) is 13.1. The monoisotopic (exact) mass is 419 g/mol. The van der Waals surface area contributed by atoms with Crippen molar-refractivity contribution in [2.45, 2.75) is 19.0 Å². The highest BCUT2D eigenvalue weighted by molar-refractivity contribution is 6.33. The zero-order valence-electron chi connectivity index (χ0n) is 14.4. The van der Waals surface area contributed by atoms with E-state index in [-0.39, 0.29) is 16.5 Å². The number of benzene rings is 1. The van der Waals surface area contributed by atoms with Crippen molar-refractivity contribution in [2.24, 2.45) is 5.92 Å². The van der Waals surface area contributed by atoms with Crippen LogP contribution < -0.4 is 10.2 Å². The van der Waals surface area contributed by atoms with Crippen LogP contribution in [0.4, 0.5) is 33.5 Å². The number of amides is 1. The summed E-state index contributed by atoms with van der Waals surface area (Å²) >= 11 is 5.95. The van der Waals surface area contributed by atoms with Gasteiger partial charge in [0.1, 0.15) is 17.5 Å². The van der Waals surface area contributed by atoms with Gasteiger partial charge in [0, 0.05) is 31.3 Å². The molecule has 1 aliphatic heterocycles. The second-order valence-electron chi connectivity index (χ2n) is 6.40. The molecule has 2 aromatic rings. The summed E-state index contributed by atoms with van der Waals surface area (Å²) in [5.41, 5.74) is -1.17. The molecule has 28 heavy (non-hydrogen) atoms. The number of nitrogens with one attached hydrogen (secondary N) is 1. The molecule has 10 heteroatoms. The predicted octanol–water partition coefficient (Wildman–Crippen LogP) is 4.89. The molecule has 1 aliphatic rings. The molecule has 1 amide bonds. The third-order valence-electron chi connectivity index (χ3n) is 4.50. The van der Waals surface area contributed by atoms with Crippen molar-refractivity contribution in [2.75, 3.05) is 23.3 Å². The highest BCUT2D eigenvalue weighted by Gasteiger charge is 2.33. The number of rotatable bonds is 3. The van der Waals surface area contributed by atoms with Gasteiger partial charge in [-0.15, -0.1) is 0 Å². The lowest BCUT2D eigenvalue weighted by Crippen LogP contribution is -2.38. The van der Waals surface area contributed by atoms with E-state index in [1.165, 1.54) is 0 Å². The van der Waals surface area contributed by atoms with Crippen LogP contribution in [0.3, 0.4) is 0 Å². The number of hydrogen-bond acceptors (Lipinski definition) is 3. The van der Waals surface area contributed by atoms with Crippen LogP contribution in [-0.2, 0) is 11.0 Å². The van der Waals surface area contributed by atoms with Gasteiger partial charge in [0.15, 0.2) is 0 Å². The van der Waals surface area contributed by atoms with E-state index in [0.717, 1.165) is 24.3 Å². The Morgan fingerprint density at radius 3 is 2.46 bits per heavy atom. The third-order valence-corrected chi connectivity index (χ3v) is 4.78. The van der Waals surface area contributed by atoms with Gasteiger partial charge >= 0.3 is 6.18 Å². The maximum absolute atomic E-state index is 13.6. The van der Waals surface area contributed by atoms with Crippen LogP contribution in [0, 0.1) is 17.6 Å². The number of anilines is 2. The average Bonchev–Trinajstić information content (AvgIpc) is 2.64. The molecule has 0 bridgehead atoms. The van der Waals surface area contributed by atoms with E-state index in [0.29, 0.717) is 32.1 Å². The molecule has 1 N–H and O–H groups in total. The van der Waals surface area contributed by atoms with E-state index in [2.05, 4.69) is 10.3 Å². The number of halogens is 6. The van der Waals surface area contributed by atoms with Gasteiger partial charge < -0.3 is 10.2 Å². The number of alkyl halides is 3. The fourth-order valence-electron chi connectivity index (χ4n) is 3.00. The number of pyridine rings is 1. The summed E-state index contributed by atoms with van der Waals surface area (Å²) in [6.45, 7) is 0.670. The minimum absolute atomic E-state index is 0.125. The van der Waals surface area contributed by atoms with E-state index < -0.39 is 35.2 Å². The molecule has 150 valence electrons. The molecular formula is C18H15ClF5N3O. The number of carbonyl (C=O) groups excluding carboxylic acids is 1. The molecule has 0 aliphatic carbocycles. The largest absolute Gasteiger partial charge is 0.417 e. The van der Waals surface area contributed by atoms with Crippen molar-refractivity contribution < 1.29 is 26.7 Å². The summed E-state index contributed by atoms with van der Waals surface area (Å²) in [5.74, 6) is -2.10. The molecule has 4 nitrogen and oxygen atoms in total. The van der Waals surface area contributed by atoms with Crippen LogP contribution in [-0.4, -0.2) is 24.0 Å². The normalized spacial score (nSPS) is 15.6. The van der Waals surface area contributed by atoms with Gasteiger partial charge in [-0.25, -0.2) is 13.8 Å². The first kappa shape index (κ1) is 20.3. The number of hydrogen-bond donors (Lipinski definition) is 1. The van der Waals surface area contributed by atoms with Gasteiger partial charge in [0.25, 0.3) is 0 Å². The summed E-state index contributed by atoms with van der Waals surface area (Å²) < 4.78 is 65.0. The van der Waals surface area contributed by atoms with Crippen LogP contribution in [0.25, 0.3) is 0 Å². The summed E-state index contributed by atoms with van der Waals surface area (Å²) in [6, 6.07) is 3.58. The summed E-state index contributed by atoms with van der Waals surface area (Å²) in [7, 11) is 0. The van der Waals surface area contributed by atoms with Gasteiger partial charge in [-0.1, -0.05) is 11.6 Å². The van der Waals surface area contributed by atoms with Crippen LogP contribution in [0.2, 0.25) is 5.02 Å². The zero-order valence-corrected chi connectivity index (χ0v) is 15.1. The average molecular weight is 420 g/mol. The molecule has 0 spiro atoms. The Hall–Kier alpha value is -2.42. The number of nitrogens with zero attached hydrogens (tertiary/aromatic N) is 2.